The molecule has 0 aromatic rings. The average Bonchev–Trinajstić information content (AvgIpc) is 1.80. The third kappa shape index (κ3) is 3.45. The van der Waals surface area contributed by atoms with Crippen molar-refractivity contribution in [3.8, 4) is 0 Å². The van der Waals surface area contributed by atoms with Gasteiger partial charge in [-0.15, -0.1) is 0 Å². The van der Waals surface area contributed by atoms with Gasteiger partial charge in [-0.2, -0.15) is 13.2 Å². The second-order valence-corrected chi connectivity index (χ2v) is 1.70. The number of halogens is 3. The number of nitrogens with one attached hydrogen (secondary N) is 1. The van der Waals surface area contributed by atoms with E-state index in [0.29, 0.717) is 6.54 Å². The lowest BCUT2D eigenvalue weighted by atomic mass is 10.4. The smallest absolute Gasteiger partial charge is 0.310 e. The summed E-state index contributed by atoms with van der Waals surface area (Å²) in [4.78, 5) is 10.0. The van der Waals surface area contributed by atoms with Crippen molar-refractivity contribution in [1.82, 2.24) is 5.32 Å². The lowest BCUT2D eigenvalue weighted by Gasteiger charge is -2.03. The summed E-state index contributed by atoms with van der Waals surface area (Å²) in [7, 11) is 0. The number of carbonyl (C=O) groups is 1. The lowest BCUT2D eigenvalue weighted by Crippen LogP contribution is -2.33. The molecule has 10 heavy (non-hydrogen) atoms. The maximum Gasteiger partial charge on any atom is 0.451 e. The number of ketones is 1. The Morgan fingerprint density at radius 1 is 1.50 bits per heavy atom. The van der Waals surface area contributed by atoms with E-state index >= 15 is 0 Å². The van der Waals surface area contributed by atoms with E-state index in [1.54, 1.807) is 6.92 Å². The highest BCUT2D eigenvalue weighted by Crippen LogP contribution is 2.14. The van der Waals surface area contributed by atoms with E-state index in [0.717, 1.165) is 0 Å². The molecule has 5 heteroatoms. The van der Waals surface area contributed by atoms with Crippen molar-refractivity contribution in [2.24, 2.45) is 0 Å². The van der Waals surface area contributed by atoms with E-state index in [4.69, 9.17) is 0 Å². The SMILES string of the molecule is CCNCC(=O)C(F)(F)F. The van der Waals surface area contributed by atoms with E-state index in [9.17, 15) is 18.0 Å². The predicted octanol–water partition coefficient (Wildman–Crippen LogP) is 0.727. The molecular weight excluding hydrogens is 147 g/mol. The molecule has 0 aliphatic carbocycles. The van der Waals surface area contributed by atoms with E-state index < -0.39 is 18.5 Å². The number of hydrogen-bond donors (Lipinski definition) is 1. The van der Waals surface area contributed by atoms with Crippen LogP contribution in [0.2, 0.25) is 0 Å². The topological polar surface area (TPSA) is 29.1 Å². The maximum atomic E-state index is 11.4. The molecule has 0 aromatic carbocycles. The Bertz CT molecular complexity index is 121. The van der Waals surface area contributed by atoms with Crippen molar-refractivity contribution < 1.29 is 18.0 Å². The van der Waals surface area contributed by atoms with E-state index in [2.05, 4.69) is 5.32 Å². The standard InChI is InChI=1S/C5H8F3NO/c1-2-9-3-4(10)5(6,7)8/h9H,2-3H2,1H3. The van der Waals surface area contributed by atoms with Crippen LogP contribution < -0.4 is 5.32 Å². The first-order valence-electron chi connectivity index (χ1n) is 2.79. The molecule has 0 spiro atoms. The van der Waals surface area contributed by atoms with Gasteiger partial charge in [0, 0.05) is 0 Å². The number of alkyl halides is 3. The summed E-state index contributed by atoms with van der Waals surface area (Å²) < 4.78 is 34.1. The van der Waals surface area contributed by atoms with Gasteiger partial charge < -0.3 is 5.32 Å². The van der Waals surface area contributed by atoms with Crippen LogP contribution in [0.1, 0.15) is 6.92 Å². The van der Waals surface area contributed by atoms with Crippen molar-refractivity contribution >= 4 is 5.78 Å². The summed E-state index contributed by atoms with van der Waals surface area (Å²) in [5.41, 5.74) is 0. The second kappa shape index (κ2) is 3.55. The monoisotopic (exact) mass is 155 g/mol. The summed E-state index contributed by atoms with van der Waals surface area (Å²) in [5.74, 6) is -1.73. The molecule has 0 bridgehead atoms. The van der Waals surface area contributed by atoms with Crippen LogP contribution in [0.4, 0.5) is 13.2 Å². The van der Waals surface area contributed by atoms with Crippen molar-refractivity contribution in [1.29, 1.82) is 0 Å². The fourth-order valence-electron chi connectivity index (χ4n) is 0.339. The molecule has 0 radical (unpaired) electrons. The largest absolute Gasteiger partial charge is 0.451 e. The predicted molar refractivity (Wildman–Crippen MR) is 29.6 cm³/mol. The van der Waals surface area contributed by atoms with E-state index in [1.165, 1.54) is 0 Å². The Kier molecular flexibility index (Phi) is 3.35. The van der Waals surface area contributed by atoms with Crippen LogP contribution in [-0.2, 0) is 4.79 Å². The zero-order chi connectivity index (χ0) is 8.20. The van der Waals surface area contributed by atoms with Gasteiger partial charge in [0.15, 0.2) is 0 Å². The minimum atomic E-state index is -4.69. The van der Waals surface area contributed by atoms with E-state index in [-0.39, 0.29) is 0 Å². The molecule has 2 nitrogen and oxygen atoms in total. The number of hydrogen-bond acceptors (Lipinski definition) is 2. The highest BCUT2D eigenvalue weighted by atomic mass is 19.4. The van der Waals surface area contributed by atoms with Crippen molar-refractivity contribution in [3.63, 3.8) is 0 Å². The molecule has 0 amide bonds. The molecule has 0 aromatic heterocycles. The Balaban J connectivity index is 3.64. The third-order valence-electron chi connectivity index (χ3n) is 0.852. The Hall–Kier alpha value is -0.580. The van der Waals surface area contributed by atoms with Gasteiger partial charge in [-0.05, 0) is 6.54 Å². The fourth-order valence-corrected chi connectivity index (χ4v) is 0.339. The van der Waals surface area contributed by atoms with Gasteiger partial charge in [-0.1, -0.05) is 6.92 Å². The summed E-state index contributed by atoms with van der Waals surface area (Å²) >= 11 is 0. The fraction of sp³-hybridized carbons (Fsp3) is 0.800. The first-order chi connectivity index (χ1) is 4.48. The molecule has 0 aliphatic rings. The van der Waals surface area contributed by atoms with Gasteiger partial charge in [0.05, 0.1) is 6.54 Å². The van der Waals surface area contributed by atoms with Crippen molar-refractivity contribution in [2.45, 2.75) is 13.1 Å². The quantitative estimate of drug-likeness (QED) is 0.650. The summed E-state index contributed by atoms with van der Waals surface area (Å²) in [6, 6.07) is 0. The summed E-state index contributed by atoms with van der Waals surface area (Å²) in [5, 5.41) is 2.29. The molecule has 0 fully saturated rings. The van der Waals surface area contributed by atoms with Crippen LogP contribution >= 0.6 is 0 Å². The zero-order valence-electron chi connectivity index (χ0n) is 5.46. The molecule has 0 heterocycles. The van der Waals surface area contributed by atoms with Crippen molar-refractivity contribution in [2.75, 3.05) is 13.1 Å². The average molecular weight is 155 g/mol. The first kappa shape index (κ1) is 9.42. The molecular formula is C5H8F3NO. The van der Waals surface area contributed by atoms with E-state index in [1.807, 2.05) is 0 Å². The number of likely N-dealkylation sites (N-methyl/N-ethyl adjacent to an activating group) is 1. The minimum absolute atomic E-state index is 0.363. The highest BCUT2D eigenvalue weighted by Gasteiger charge is 2.37. The maximum absolute atomic E-state index is 11.4. The highest BCUT2D eigenvalue weighted by molar-refractivity contribution is 5.85. The third-order valence-corrected chi connectivity index (χ3v) is 0.852. The number of Topliss-reactive ketones (excluding diaryl/α,β-unsaturated/α-hetero) is 1. The molecule has 60 valence electrons. The number of carbonyl (C=O) groups excluding carboxylic acids is 1. The van der Waals surface area contributed by atoms with Crippen molar-refractivity contribution in [3.05, 3.63) is 0 Å². The minimum Gasteiger partial charge on any atom is -0.310 e. The van der Waals surface area contributed by atoms with Crippen LogP contribution in [0.15, 0.2) is 0 Å². The number of rotatable bonds is 3. The molecule has 0 saturated carbocycles. The van der Waals surface area contributed by atoms with Gasteiger partial charge in [0.2, 0.25) is 5.78 Å². The van der Waals surface area contributed by atoms with Crippen LogP contribution in [0.3, 0.4) is 0 Å². The Morgan fingerprint density at radius 3 is 2.30 bits per heavy atom. The molecule has 0 aliphatic heterocycles. The molecule has 1 N–H and O–H groups in total. The zero-order valence-corrected chi connectivity index (χ0v) is 5.46. The Morgan fingerprint density at radius 2 is 2.00 bits per heavy atom. The first-order valence-corrected chi connectivity index (χ1v) is 2.79. The van der Waals surface area contributed by atoms with Crippen LogP contribution in [0, 0.1) is 0 Å². The molecule has 0 rings (SSSR count). The molecule has 0 saturated heterocycles. The van der Waals surface area contributed by atoms with Crippen LogP contribution in [0.25, 0.3) is 0 Å². The molecule has 0 atom stereocenters. The van der Waals surface area contributed by atoms with Gasteiger partial charge in [0.1, 0.15) is 0 Å². The van der Waals surface area contributed by atoms with Crippen LogP contribution in [-0.4, -0.2) is 25.0 Å². The summed E-state index contributed by atoms with van der Waals surface area (Å²) in [6.45, 7) is 1.37. The lowest BCUT2D eigenvalue weighted by molar-refractivity contribution is -0.169. The van der Waals surface area contributed by atoms with Gasteiger partial charge >= 0.3 is 6.18 Å². The summed E-state index contributed by atoms with van der Waals surface area (Å²) in [6.07, 6.45) is -4.69. The Labute approximate surface area is 56.4 Å². The van der Waals surface area contributed by atoms with Crippen LogP contribution in [0.5, 0.6) is 0 Å². The second-order valence-electron chi connectivity index (χ2n) is 1.70. The molecule has 0 unspecified atom stereocenters. The van der Waals surface area contributed by atoms with Gasteiger partial charge in [0.25, 0.3) is 0 Å². The normalized spacial score (nSPS) is 11.6. The van der Waals surface area contributed by atoms with Gasteiger partial charge in [-0.3, -0.25) is 4.79 Å². The van der Waals surface area contributed by atoms with Gasteiger partial charge in [-0.25, -0.2) is 0 Å².